The van der Waals surface area contributed by atoms with Gasteiger partial charge in [0.05, 0.1) is 24.2 Å². The molecule has 1 aromatic heterocycles. The van der Waals surface area contributed by atoms with Crippen LogP contribution in [-0.4, -0.2) is 18.2 Å². The van der Waals surface area contributed by atoms with Gasteiger partial charge in [-0.15, -0.1) is 0 Å². The zero-order valence-electron chi connectivity index (χ0n) is 9.11. The van der Waals surface area contributed by atoms with E-state index in [1.807, 2.05) is 12.1 Å². The molecule has 2 aromatic rings. The molecule has 1 heterocycles. The molecule has 0 aliphatic rings. The van der Waals surface area contributed by atoms with Gasteiger partial charge < -0.3 is 4.74 Å². The minimum absolute atomic E-state index is 0.226. The molecular formula is C12H9ClN2O2. The molecule has 0 unspecified atom stereocenters. The molecule has 4 nitrogen and oxygen atoms in total. The van der Waals surface area contributed by atoms with Crippen molar-refractivity contribution in [2.45, 2.75) is 6.54 Å². The molecule has 0 bridgehead atoms. The Morgan fingerprint density at radius 2 is 2.24 bits per heavy atom. The van der Waals surface area contributed by atoms with E-state index in [1.54, 1.807) is 19.2 Å². The summed E-state index contributed by atoms with van der Waals surface area (Å²) in [7, 11) is 1.56. The molecule has 0 fully saturated rings. The number of carbonyl (C=O) groups excluding carboxylic acids is 1. The van der Waals surface area contributed by atoms with E-state index in [1.165, 1.54) is 6.08 Å². The Balaban J connectivity index is 2.55. The molecule has 0 atom stereocenters. The van der Waals surface area contributed by atoms with E-state index in [2.05, 4.69) is 9.98 Å². The van der Waals surface area contributed by atoms with Crippen LogP contribution in [0.3, 0.4) is 0 Å². The second-order valence-corrected chi connectivity index (χ2v) is 3.74. The summed E-state index contributed by atoms with van der Waals surface area (Å²) >= 11 is 6.20. The fourth-order valence-electron chi connectivity index (χ4n) is 1.55. The maximum atomic E-state index is 10.1. The van der Waals surface area contributed by atoms with Gasteiger partial charge in [-0.3, -0.25) is 0 Å². The first kappa shape index (κ1) is 11.6. The van der Waals surface area contributed by atoms with Crippen LogP contribution in [0.15, 0.2) is 29.3 Å². The van der Waals surface area contributed by atoms with Crippen molar-refractivity contribution >= 4 is 28.6 Å². The SMILES string of the molecule is COc1ccc2c(Cl)c(CN=C=O)ccc2n1. The lowest BCUT2D eigenvalue weighted by atomic mass is 10.1. The van der Waals surface area contributed by atoms with Gasteiger partial charge in [-0.2, -0.15) is 0 Å². The van der Waals surface area contributed by atoms with Crippen LogP contribution in [0.5, 0.6) is 5.88 Å². The third-order valence-corrected chi connectivity index (χ3v) is 2.83. The van der Waals surface area contributed by atoms with Crippen LogP contribution in [0.1, 0.15) is 5.56 Å². The predicted octanol–water partition coefficient (Wildman–Crippen LogP) is 2.73. The molecule has 0 amide bonds. The zero-order valence-corrected chi connectivity index (χ0v) is 9.86. The maximum Gasteiger partial charge on any atom is 0.235 e. The molecule has 0 N–H and O–H groups in total. The van der Waals surface area contributed by atoms with E-state index in [0.29, 0.717) is 10.9 Å². The van der Waals surface area contributed by atoms with E-state index >= 15 is 0 Å². The first-order valence-electron chi connectivity index (χ1n) is 4.92. The molecule has 2 rings (SSSR count). The van der Waals surface area contributed by atoms with Crippen molar-refractivity contribution in [3.63, 3.8) is 0 Å². The van der Waals surface area contributed by atoms with Gasteiger partial charge in [0.15, 0.2) is 0 Å². The molecule has 0 aliphatic heterocycles. The highest BCUT2D eigenvalue weighted by molar-refractivity contribution is 6.36. The van der Waals surface area contributed by atoms with E-state index in [-0.39, 0.29) is 6.54 Å². The molecule has 0 aliphatic carbocycles. The number of pyridine rings is 1. The Hall–Kier alpha value is -1.90. The largest absolute Gasteiger partial charge is 0.481 e. The van der Waals surface area contributed by atoms with Crippen LogP contribution in [0.4, 0.5) is 0 Å². The Bertz CT molecular complexity index is 607. The second kappa shape index (κ2) is 4.95. The molecule has 1 aromatic carbocycles. The average molecular weight is 249 g/mol. The van der Waals surface area contributed by atoms with Gasteiger partial charge in [0.1, 0.15) is 0 Å². The number of methoxy groups -OCH3 is 1. The van der Waals surface area contributed by atoms with E-state index < -0.39 is 0 Å². The highest BCUT2D eigenvalue weighted by Gasteiger charge is 2.07. The lowest BCUT2D eigenvalue weighted by Gasteiger charge is -2.06. The second-order valence-electron chi connectivity index (χ2n) is 3.37. The Kier molecular flexibility index (Phi) is 3.38. The highest BCUT2D eigenvalue weighted by atomic mass is 35.5. The quantitative estimate of drug-likeness (QED) is 0.620. The normalized spacial score (nSPS) is 10.0. The van der Waals surface area contributed by atoms with Crippen LogP contribution in [0.25, 0.3) is 10.9 Å². The number of benzene rings is 1. The average Bonchev–Trinajstić information content (AvgIpc) is 2.37. The van der Waals surface area contributed by atoms with Crippen molar-refractivity contribution in [2.75, 3.05) is 7.11 Å². The molecule has 0 radical (unpaired) electrons. The molecule has 0 saturated carbocycles. The van der Waals surface area contributed by atoms with Gasteiger partial charge in [0.25, 0.3) is 0 Å². The summed E-state index contributed by atoms with van der Waals surface area (Å²) in [5, 5.41) is 1.36. The number of halogens is 1. The number of hydrogen-bond donors (Lipinski definition) is 0. The standard InChI is InChI=1S/C12H9ClN2O2/c1-17-11-5-3-9-10(15-11)4-2-8(12(9)13)6-14-7-16/h2-5H,6H2,1H3. The zero-order chi connectivity index (χ0) is 12.3. The minimum Gasteiger partial charge on any atom is -0.481 e. The van der Waals surface area contributed by atoms with Crippen LogP contribution in [0.2, 0.25) is 5.02 Å². The number of aliphatic imine (C=N–C) groups is 1. The third kappa shape index (κ3) is 2.28. The number of isocyanates is 1. The summed E-state index contributed by atoms with van der Waals surface area (Å²) in [6.07, 6.45) is 1.49. The van der Waals surface area contributed by atoms with Crippen LogP contribution >= 0.6 is 11.6 Å². The van der Waals surface area contributed by atoms with E-state index in [0.717, 1.165) is 16.5 Å². The van der Waals surface area contributed by atoms with Crippen LogP contribution in [-0.2, 0) is 11.3 Å². The van der Waals surface area contributed by atoms with Crippen molar-refractivity contribution in [3.8, 4) is 5.88 Å². The molecule has 86 valence electrons. The molecule has 5 heteroatoms. The summed E-state index contributed by atoms with van der Waals surface area (Å²) < 4.78 is 5.03. The summed E-state index contributed by atoms with van der Waals surface area (Å²) in [5.74, 6) is 0.534. The fourth-order valence-corrected chi connectivity index (χ4v) is 1.83. The van der Waals surface area contributed by atoms with Crippen LogP contribution in [0, 0.1) is 0 Å². The number of fused-ring (bicyclic) bond motifs is 1. The van der Waals surface area contributed by atoms with Gasteiger partial charge in [-0.1, -0.05) is 17.7 Å². The van der Waals surface area contributed by atoms with E-state index in [9.17, 15) is 4.79 Å². The van der Waals surface area contributed by atoms with Gasteiger partial charge in [-0.05, 0) is 17.7 Å². The fraction of sp³-hybridized carbons (Fsp3) is 0.167. The smallest absolute Gasteiger partial charge is 0.235 e. The highest BCUT2D eigenvalue weighted by Crippen LogP contribution is 2.28. The minimum atomic E-state index is 0.226. The summed E-state index contributed by atoms with van der Waals surface area (Å²) in [4.78, 5) is 17.8. The maximum absolute atomic E-state index is 10.1. The number of rotatable bonds is 3. The summed E-state index contributed by atoms with van der Waals surface area (Å²) in [5.41, 5.74) is 1.52. The topological polar surface area (TPSA) is 51.5 Å². The van der Waals surface area contributed by atoms with Gasteiger partial charge in [0, 0.05) is 11.5 Å². The van der Waals surface area contributed by atoms with Crippen molar-refractivity contribution in [1.82, 2.24) is 4.98 Å². The predicted molar refractivity (Wildman–Crippen MR) is 65.1 cm³/mol. The van der Waals surface area contributed by atoms with Gasteiger partial charge in [-0.25, -0.2) is 14.8 Å². The van der Waals surface area contributed by atoms with Crippen molar-refractivity contribution in [1.29, 1.82) is 0 Å². The first-order chi connectivity index (χ1) is 8.26. The van der Waals surface area contributed by atoms with Gasteiger partial charge >= 0.3 is 0 Å². The number of ether oxygens (including phenoxy) is 1. The Labute approximate surface area is 103 Å². The molecule has 0 saturated heterocycles. The van der Waals surface area contributed by atoms with Crippen molar-refractivity contribution in [2.24, 2.45) is 4.99 Å². The summed E-state index contributed by atoms with van der Waals surface area (Å²) in [6, 6.07) is 7.18. The lowest BCUT2D eigenvalue weighted by molar-refractivity contribution is 0.399. The Morgan fingerprint density at radius 1 is 1.41 bits per heavy atom. The molecule has 0 spiro atoms. The monoisotopic (exact) mass is 248 g/mol. The lowest BCUT2D eigenvalue weighted by Crippen LogP contribution is -1.90. The van der Waals surface area contributed by atoms with Crippen molar-refractivity contribution < 1.29 is 9.53 Å². The number of hydrogen-bond acceptors (Lipinski definition) is 4. The first-order valence-corrected chi connectivity index (χ1v) is 5.30. The summed E-state index contributed by atoms with van der Waals surface area (Å²) in [6.45, 7) is 0.226. The molecule has 17 heavy (non-hydrogen) atoms. The Morgan fingerprint density at radius 3 is 2.94 bits per heavy atom. The number of nitrogens with zero attached hydrogens (tertiary/aromatic N) is 2. The molecular weight excluding hydrogens is 240 g/mol. The van der Waals surface area contributed by atoms with Gasteiger partial charge in [0.2, 0.25) is 12.0 Å². The van der Waals surface area contributed by atoms with E-state index in [4.69, 9.17) is 16.3 Å². The van der Waals surface area contributed by atoms with Crippen LogP contribution < -0.4 is 4.74 Å². The number of aromatic nitrogens is 1. The van der Waals surface area contributed by atoms with Crippen molar-refractivity contribution in [3.05, 3.63) is 34.9 Å². The third-order valence-electron chi connectivity index (χ3n) is 2.38.